The van der Waals surface area contributed by atoms with Gasteiger partial charge in [-0.3, -0.25) is 0 Å². The van der Waals surface area contributed by atoms with E-state index in [0.717, 1.165) is 19.6 Å². The summed E-state index contributed by atoms with van der Waals surface area (Å²) < 4.78 is 11.5. The van der Waals surface area contributed by atoms with Gasteiger partial charge in [0.05, 0.1) is 0 Å². The van der Waals surface area contributed by atoms with Crippen LogP contribution < -0.4 is 0 Å². The summed E-state index contributed by atoms with van der Waals surface area (Å²) in [5.74, 6) is 0. The van der Waals surface area contributed by atoms with Gasteiger partial charge in [-0.2, -0.15) is 0 Å². The van der Waals surface area contributed by atoms with Gasteiger partial charge < -0.3 is 9.31 Å². The topological polar surface area (TPSA) is 18.5 Å². The monoisotopic (exact) mass is 194 g/mol. The molecule has 2 aliphatic rings. The second-order valence-electron chi connectivity index (χ2n) is 5.14. The predicted octanol–water partition coefficient (Wildman–Crippen LogP) is 2.59. The molecule has 1 aliphatic carbocycles. The molecule has 14 heavy (non-hydrogen) atoms. The zero-order chi connectivity index (χ0) is 10.0. The quantitative estimate of drug-likeness (QED) is 0.597. The first kappa shape index (κ1) is 10.2. The van der Waals surface area contributed by atoms with Gasteiger partial charge in [-0.1, -0.05) is 19.9 Å². The zero-order valence-electron chi connectivity index (χ0n) is 9.21. The standard InChI is InChI=1S/C11H19BO2/c1-11(2)8-13-12(14-9-11)10-6-4-3-5-7-10/h6H,3-5,7-9H2,1-2H3. The van der Waals surface area contributed by atoms with E-state index in [4.69, 9.17) is 9.31 Å². The van der Waals surface area contributed by atoms with E-state index < -0.39 is 0 Å². The fourth-order valence-electron chi connectivity index (χ4n) is 1.98. The Kier molecular flexibility index (Phi) is 2.98. The van der Waals surface area contributed by atoms with Gasteiger partial charge in [0.25, 0.3) is 0 Å². The number of hydrogen-bond donors (Lipinski definition) is 0. The molecular formula is C11H19BO2. The van der Waals surface area contributed by atoms with Crippen molar-refractivity contribution < 1.29 is 9.31 Å². The molecule has 0 saturated carbocycles. The Morgan fingerprint density at radius 3 is 2.50 bits per heavy atom. The first-order valence-electron chi connectivity index (χ1n) is 5.60. The molecule has 0 aromatic heterocycles. The van der Waals surface area contributed by atoms with Crippen molar-refractivity contribution in [1.82, 2.24) is 0 Å². The van der Waals surface area contributed by atoms with Gasteiger partial charge in [-0.05, 0) is 31.2 Å². The minimum atomic E-state index is -0.0386. The smallest absolute Gasteiger partial charge is 0.407 e. The van der Waals surface area contributed by atoms with Crippen LogP contribution >= 0.6 is 0 Å². The van der Waals surface area contributed by atoms with Crippen LogP contribution in [0.2, 0.25) is 0 Å². The van der Waals surface area contributed by atoms with Gasteiger partial charge >= 0.3 is 7.12 Å². The lowest BCUT2D eigenvalue weighted by Gasteiger charge is -2.34. The van der Waals surface area contributed by atoms with Gasteiger partial charge in [0, 0.05) is 18.6 Å². The summed E-state index contributed by atoms with van der Waals surface area (Å²) >= 11 is 0. The molecule has 1 fully saturated rings. The highest BCUT2D eigenvalue weighted by Gasteiger charge is 2.34. The molecule has 2 nitrogen and oxygen atoms in total. The Balaban J connectivity index is 1.91. The van der Waals surface area contributed by atoms with E-state index in [1.54, 1.807) is 0 Å². The second kappa shape index (κ2) is 4.07. The van der Waals surface area contributed by atoms with Gasteiger partial charge in [0.2, 0.25) is 0 Å². The molecule has 0 spiro atoms. The van der Waals surface area contributed by atoms with Crippen molar-refractivity contribution in [2.75, 3.05) is 13.2 Å². The minimum absolute atomic E-state index is 0.0386. The molecule has 0 N–H and O–H groups in total. The van der Waals surface area contributed by atoms with Crippen LogP contribution in [0.5, 0.6) is 0 Å². The zero-order valence-corrected chi connectivity index (χ0v) is 9.21. The highest BCUT2D eigenvalue weighted by atomic mass is 16.6. The SMILES string of the molecule is CC1(C)COB(C2=CCCCC2)OC1. The molecular weight excluding hydrogens is 175 g/mol. The summed E-state index contributed by atoms with van der Waals surface area (Å²) in [5, 5.41) is 0. The van der Waals surface area contributed by atoms with E-state index >= 15 is 0 Å². The lowest BCUT2D eigenvalue weighted by molar-refractivity contribution is 0.0316. The van der Waals surface area contributed by atoms with Crippen LogP contribution in [0, 0.1) is 5.41 Å². The molecule has 0 amide bonds. The maximum absolute atomic E-state index is 5.74. The molecule has 2 rings (SSSR count). The third kappa shape index (κ3) is 2.40. The van der Waals surface area contributed by atoms with Crippen molar-refractivity contribution in [1.29, 1.82) is 0 Å². The number of rotatable bonds is 1. The van der Waals surface area contributed by atoms with E-state index in [2.05, 4.69) is 19.9 Å². The Morgan fingerprint density at radius 1 is 1.21 bits per heavy atom. The van der Waals surface area contributed by atoms with Crippen LogP contribution in [-0.4, -0.2) is 20.3 Å². The van der Waals surface area contributed by atoms with Crippen LogP contribution in [-0.2, 0) is 9.31 Å². The van der Waals surface area contributed by atoms with Crippen molar-refractivity contribution in [3.05, 3.63) is 11.5 Å². The molecule has 3 heteroatoms. The van der Waals surface area contributed by atoms with Crippen molar-refractivity contribution in [2.45, 2.75) is 39.5 Å². The van der Waals surface area contributed by atoms with E-state index in [-0.39, 0.29) is 12.5 Å². The number of hydrogen-bond acceptors (Lipinski definition) is 2. The third-order valence-electron chi connectivity index (χ3n) is 2.88. The summed E-state index contributed by atoms with van der Waals surface area (Å²) in [6.45, 7) is 5.99. The van der Waals surface area contributed by atoms with Gasteiger partial charge in [0.15, 0.2) is 0 Å². The molecule has 0 bridgehead atoms. The van der Waals surface area contributed by atoms with Crippen LogP contribution in [0.15, 0.2) is 11.5 Å². The summed E-state index contributed by atoms with van der Waals surface area (Å²) in [6, 6.07) is 0. The van der Waals surface area contributed by atoms with E-state index in [0.29, 0.717) is 0 Å². The molecule has 1 heterocycles. The Labute approximate surface area is 86.8 Å². The minimum Gasteiger partial charge on any atom is -0.407 e. The second-order valence-corrected chi connectivity index (χ2v) is 5.14. The fraction of sp³-hybridized carbons (Fsp3) is 0.818. The Hall–Kier alpha value is -0.275. The summed E-state index contributed by atoms with van der Waals surface area (Å²) in [5.41, 5.74) is 1.55. The van der Waals surface area contributed by atoms with Gasteiger partial charge in [-0.15, -0.1) is 0 Å². The highest BCUT2D eigenvalue weighted by Crippen LogP contribution is 2.27. The van der Waals surface area contributed by atoms with E-state index in [1.807, 2.05) is 0 Å². The first-order valence-corrected chi connectivity index (χ1v) is 5.60. The van der Waals surface area contributed by atoms with Crippen LogP contribution in [0.3, 0.4) is 0 Å². The molecule has 0 aromatic rings. The summed E-state index contributed by atoms with van der Waals surface area (Å²) in [7, 11) is -0.0386. The molecule has 0 aromatic carbocycles. The summed E-state index contributed by atoms with van der Waals surface area (Å²) in [6.07, 6.45) is 7.26. The largest absolute Gasteiger partial charge is 0.489 e. The van der Waals surface area contributed by atoms with Crippen LogP contribution in [0.4, 0.5) is 0 Å². The van der Waals surface area contributed by atoms with Crippen LogP contribution in [0.1, 0.15) is 39.5 Å². The molecule has 0 radical (unpaired) electrons. The van der Waals surface area contributed by atoms with Crippen molar-refractivity contribution in [2.24, 2.45) is 5.41 Å². The van der Waals surface area contributed by atoms with Crippen LogP contribution in [0.25, 0.3) is 0 Å². The lowest BCUT2D eigenvalue weighted by atomic mass is 9.70. The predicted molar refractivity (Wildman–Crippen MR) is 58.0 cm³/mol. The first-order chi connectivity index (χ1) is 6.67. The lowest BCUT2D eigenvalue weighted by Crippen LogP contribution is -2.42. The normalized spacial score (nSPS) is 27.3. The number of allylic oxidation sites excluding steroid dienone is 2. The van der Waals surface area contributed by atoms with Crippen molar-refractivity contribution >= 4 is 7.12 Å². The van der Waals surface area contributed by atoms with Gasteiger partial charge in [0.1, 0.15) is 0 Å². The molecule has 0 unspecified atom stereocenters. The molecule has 0 atom stereocenters. The average molecular weight is 194 g/mol. The van der Waals surface area contributed by atoms with Crippen molar-refractivity contribution in [3.8, 4) is 0 Å². The average Bonchev–Trinajstić information content (AvgIpc) is 2.19. The van der Waals surface area contributed by atoms with E-state index in [1.165, 1.54) is 24.7 Å². The highest BCUT2D eigenvalue weighted by molar-refractivity contribution is 6.53. The maximum atomic E-state index is 5.74. The fourth-order valence-corrected chi connectivity index (χ4v) is 1.98. The maximum Gasteiger partial charge on any atom is 0.489 e. The van der Waals surface area contributed by atoms with Crippen molar-refractivity contribution in [3.63, 3.8) is 0 Å². The Morgan fingerprint density at radius 2 is 1.93 bits per heavy atom. The molecule has 1 saturated heterocycles. The van der Waals surface area contributed by atoms with E-state index in [9.17, 15) is 0 Å². The molecule has 1 aliphatic heterocycles. The Bertz CT molecular complexity index is 225. The molecule has 78 valence electrons. The third-order valence-corrected chi connectivity index (χ3v) is 2.88. The van der Waals surface area contributed by atoms with Gasteiger partial charge in [-0.25, -0.2) is 0 Å². The summed E-state index contributed by atoms with van der Waals surface area (Å²) in [4.78, 5) is 0.